The highest BCUT2D eigenvalue weighted by Crippen LogP contribution is 2.33. The van der Waals surface area contributed by atoms with Crippen LogP contribution in [0.1, 0.15) is 11.1 Å². The van der Waals surface area contributed by atoms with E-state index in [0.29, 0.717) is 28.2 Å². The van der Waals surface area contributed by atoms with Gasteiger partial charge in [-0.1, -0.05) is 12.1 Å². The summed E-state index contributed by atoms with van der Waals surface area (Å²) in [6.07, 6.45) is 0.230. The van der Waals surface area contributed by atoms with Crippen molar-refractivity contribution in [2.24, 2.45) is 0 Å². The zero-order chi connectivity index (χ0) is 19.0. The Morgan fingerprint density at radius 2 is 1.70 bits per heavy atom. The van der Waals surface area contributed by atoms with Crippen LogP contribution in [0.3, 0.4) is 0 Å². The maximum absolute atomic E-state index is 12.3. The molecule has 1 aromatic heterocycles. The lowest BCUT2D eigenvalue weighted by molar-refractivity contribution is -0.150. The van der Waals surface area contributed by atoms with Crippen molar-refractivity contribution < 1.29 is 23.8 Å². The molecule has 0 amide bonds. The van der Waals surface area contributed by atoms with Crippen LogP contribution in [-0.2, 0) is 20.7 Å². The van der Waals surface area contributed by atoms with E-state index in [1.54, 1.807) is 37.4 Å². The number of rotatable bonds is 5. The Morgan fingerprint density at radius 1 is 0.926 bits per heavy atom. The SMILES string of the molecule is COc1ccc(CC2=C(c3ccc4nsnc4c3)C(=O)OC2=O)cc1OC. The number of fused-ring (bicyclic) bond motifs is 1. The predicted molar refractivity (Wildman–Crippen MR) is 98.7 cm³/mol. The van der Waals surface area contributed by atoms with Gasteiger partial charge < -0.3 is 14.2 Å². The van der Waals surface area contributed by atoms with Gasteiger partial charge in [0.2, 0.25) is 0 Å². The molecule has 0 saturated heterocycles. The molecule has 0 radical (unpaired) electrons. The van der Waals surface area contributed by atoms with E-state index in [-0.39, 0.29) is 12.0 Å². The fourth-order valence-corrected chi connectivity index (χ4v) is 3.52. The third-order valence-electron chi connectivity index (χ3n) is 4.31. The number of nitrogens with zero attached hydrogens (tertiary/aromatic N) is 2. The Morgan fingerprint density at radius 3 is 2.48 bits per heavy atom. The summed E-state index contributed by atoms with van der Waals surface area (Å²) < 4.78 is 23.7. The quantitative estimate of drug-likeness (QED) is 0.495. The van der Waals surface area contributed by atoms with Gasteiger partial charge in [0.25, 0.3) is 0 Å². The fourth-order valence-electron chi connectivity index (χ4n) is 3.01. The average molecular weight is 382 g/mol. The number of hydrogen-bond acceptors (Lipinski definition) is 8. The highest BCUT2D eigenvalue weighted by Gasteiger charge is 2.34. The normalized spacial score (nSPS) is 14.0. The first-order valence-electron chi connectivity index (χ1n) is 8.04. The molecule has 2 aromatic carbocycles. The standard InChI is InChI=1S/C19H14N2O5S/c1-24-15-6-3-10(8-16(15)25-2)7-12-17(19(23)26-18(12)22)11-4-5-13-14(9-11)21-27-20-13/h3-6,8-9H,7H2,1-2H3. The van der Waals surface area contributed by atoms with Crippen molar-refractivity contribution in [3.05, 3.63) is 53.1 Å². The van der Waals surface area contributed by atoms with Crippen LogP contribution in [0.15, 0.2) is 42.0 Å². The highest BCUT2D eigenvalue weighted by molar-refractivity contribution is 7.00. The Labute approximate surface area is 158 Å². The molecular weight excluding hydrogens is 368 g/mol. The average Bonchev–Trinajstić information content (AvgIpc) is 3.25. The van der Waals surface area contributed by atoms with E-state index in [9.17, 15) is 9.59 Å². The second-order valence-electron chi connectivity index (χ2n) is 5.86. The number of carbonyl (C=O) groups excluding carboxylic acids is 2. The van der Waals surface area contributed by atoms with Crippen LogP contribution in [-0.4, -0.2) is 34.9 Å². The number of cyclic esters (lactones) is 2. The van der Waals surface area contributed by atoms with Crippen LogP contribution in [0.4, 0.5) is 0 Å². The summed E-state index contributed by atoms with van der Waals surface area (Å²) >= 11 is 1.09. The number of hydrogen-bond donors (Lipinski definition) is 0. The van der Waals surface area contributed by atoms with E-state index in [1.165, 1.54) is 7.11 Å². The minimum absolute atomic E-state index is 0.230. The van der Waals surface area contributed by atoms with Crippen molar-refractivity contribution >= 4 is 40.3 Å². The van der Waals surface area contributed by atoms with Crippen LogP contribution in [0.5, 0.6) is 11.5 Å². The van der Waals surface area contributed by atoms with E-state index < -0.39 is 11.9 Å². The lowest BCUT2D eigenvalue weighted by atomic mass is 9.96. The van der Waals surface area contributed by atoms with Gasteiger partial charge in [-0.05, 0) is 35.4 Å². The minimum Gasteiger partial charge on any atom is -0.493 e. The van der Waals surface area contributed by atoms with Gasteiger partial charge in [-0.3, -0.25) is 0 Å². The van der Waals surface area contributed by atoms with Crippen LogP contribution in [0, 0.1) is 0 Å². The van der Waals surface area contributed by atoms with Gasteiger partial charge >= 0.3 is 11.9 Å². The van der Waals surface area contributed by atoms with Gasteiger partial charge in [-0.15, -0.1) is 0 Å². The zero-order valence-electron chi connectivity index (χ0n) is 14.5. The summed E-state index contributed by atoms with van der Waals surface area (Å²) in [5, 5.41) is 0. The van der Waals surface area contributed by atoms with E-state index in [4.69, 9.17) is 14.2 Å². The molecule has 4 rings (SSSR count). The molecule has 1 aliphatic rings. The third-order valence-corrected chi connectivity index (χ3v) is 4.87. The van der Waals surface area contributed by atoms with E-state index in [1.807, 2.05) is 6.07 Å². The first-order chi connectivity index (χ1) is 13.1. The van der Waals surface area contributed by atoms with Crippen LogP contribution in [0.25, 0.3) is 16.6 Å². The fraction of sp³-hybridized carbons (Fsp3) is 0.158. The van der Waals surface area contributed by atoms with Gasteiger partial charge in [0.05, 0.1) is 37.1 Å². The van der Waals surface area contributed by atoms with Gasteiger partial charge in [-0.2, -0.15) is 8.75 Å². The molecule has 136 valence electrons. The van der Waals surface area contributed by atoms with Gasteiger partial charge in [0, 0.05) is 6.42 Å². The molecule has 3 aromatic rings. The molecule has 2 heterocycles. The zero-order valence-corrected chi connectivity index (χ0v) is 15.3. The molecule has 0 saturated carbocycles. The highest BCUT2D eigenvalue weighted by atomic mass is 32.1. The van der Waals surface area contributed by atoms with Crippen LogP contribution in [0.2, 0.25) is 0 Å². The smallest absolute Gasteiger partial charge is 0.347 e. The summed E-state index contributed by atoms with van der Waals surface area (Å²) in [7, 11) is 3.09. The predicted octanol–water partition coefficient (Wildman–Crippen LogP) is 2.79. The monoisotopic (exact) mass is 382 g/mol. The second kappa shape index (κ2) is 6.81. The minimum atomic E-state index is -0.655. The molecule has 0 atom stereocenters. The van der Waals surface area contributed by atoms with Crippen LogP contribution >= 0.6 is 11.7 Å². The van der Waals surface area contributed by atoms with Crippen molar-refractivity contribution in [3.63, 3.8) is 0 Å². The second-order valence-corrected chi connectivity index (χ2v) is 6.39. The molecule has 27 heavy (non-hydrogen) atoms. The summed E-state index contributed by atoms with van der Waals surface area (Å²) in [5.74, 6) is -0.161. The molecular formula is C19H14N2O5S. The molecule has 8 heteroatoms. The first-order valence-corrected chi connectivity index (χ1v) is 8.77. The van der Waals surface area contributed by atoms with Gasteiger partial charge in [0.1, 0.15) is 11.0 Å². The molecule has 0 bridgehead atoms. The Kier molecular flexibility index (Phi) is 4.33. The largest absolute Gasteiger partial charge is 0.493 e. The van der Waals surface area contributed by atoms with E-state index >= 15 is 0 Å². The van der Waals surface area contributed by atoms with Crippen LogP contribution < -0.4 is 9.47 Å². The lowest BCUT2D eigenvalue weighted by Crippen LogP contribution is -2.04. The molecule has 0 N–H and O–H groups in total. The number of esters is 2. The number of aromatic nitrogens is 2. The summed E-state index contributed by atoms with van der Waals surface area (Å²) in [6.45, 7) is 0. The summed E-state index contributed by atoms with van der Waals surface area (Å²) in [5.41, 5.74) is 3.34. The Balaban J connectivity index is 1.77. The first kappa shape index (κ1) is 17.2. The maximum atomic E-state index is 12.3. The molecule has 7 nitrogen and oxygen atoms in total. The van der Waals surface area contributed by atoms with Crippen molar-refractivity contribution in [2.75, 3.05) is 14.2 Å². The summed E-state index contributed by atoms with van der Waals surface area (Å²) in [6, 6.07) is 10.6. The Hall–Kier alpha value is -3.26. The number of methoxy groups -OCH3 is 2. The van der Waals surface area contributed by atoms with E-state index in [0.717, 1.165) is 22.8 Å². The van der Waals surface area contributed by atoms with Crippen molar-refractivity contribution in [1.29, 1.82) is 0 Å². The number of carbonyl (C=O) groups is 2. The van der Waals surface area contributed by atoms with E-state index in [2.05, 4.69) is 8.75 Å². The van der Waals surface area contributed by atoms with Crippen molar-refractivity contribution in [1.82, 2.24) is 8.75 Å². The van der Waals surface area contributed by atoms with Gasteiger partial charge in [-0.25, -0.2) is 9.59 Å². The summed E-state index contributed by atoms with van der Waals surface area (Å²) in [4.78, 5) is 24.6. The third kappa shape index (κ3) is 3.04. The maximum Gasteiger partial charge on any atom is 0.347 e. The number of ether oxygens (including phenoxy) is 3. The molecule has 0 spiro atoms. The molecule has 0 aliphatic carbocycles. The topological polar surface area (TPSA) is 87.6 Å². The molecule has 0 unspecified atom stereocenters. The molecule has 1 aliphatic heterocycles. The number of benzene rings is 2. The lowest BCUT2D eigenvalue weighted by Gasteiger charge is -2.10. The van der Waals surface area contributed by atoms with Crippen molar-refractivity contribution in [3.8, 4) is 11.5 Å². The van der Waals surface area contributed by atoms with Gasteiger partial charge in [0.15, 0.2) is 11.5 Å². The van der Waals surface area contributed by atoms with Crippen molar-refractivity contribution in [2.45, 2.75) is 6.42 Å². The molecule has 0 fully saturated rings. The Bertz CT molecular complexity index is 1100.